The van der Waals surface area contributed by atoms with Crippen molar-refractivity contribution in [3.05, 3.63) is 65.1 Å². The Hall–Kier alpha value is -2.55. The second-order valence-corrected chi connectivity index (χ2v) is 5.79. The fourth-order valence-corrected chi connectivity index (χ4v) is 2.75. The quantitative estimate of drug-likeness (QED) is 0.351. The van der Waals surface area contributed by atoms with Crippen molar-refractivity contribution in [2.75, 3.05) is 0 Å². The molecule has 0 unspecified atom stereocenters. The molecule has 26 heavy (non-hydrogen) atoms. The van der Waals surface area contributed by atoms with Crippen molar-refractivity contribution in [3.8, 4) is 0 Å². The molecule has 0 fully saturated rings. The van der Waals surface area contributed by atoms with Crippen LogP contribution in [0, 0.1) is 27.7 Å². The molecule has 0 aliphatic rings. The number of hydrogen-bond acceptors (Lipinski definition) is 1. The van der Waals surface area contributed by atoms with E-state index in [2.05, 4.69) is 73.0 Å². The van der Waals surface area contributed by atoms with E-state index >= 15 is 0 Å². The molecule has 0 aliphatic heterocycles. The van der Waals surface area contributed by atoms with Gasteiger partial charge in [-0.15, -0.1) is 0 Å². The summed E-state index contributed by atoms with van der Waals surface area (Å²) in [4.78, 5) is 10.6. The number of hydrogen-bond donors (Lipinski definition) is 2. The molecule has 2 heterocycles. The van der Waals surface area contributed by atoms with E-state index in [4.69, 9.17) is 0 Å². The van der Waals surface area contributed by atoms with Crippen LogP contribution in [0.5, 0.6) is 0 Å². The first-order valence-electron chi connectivity index (χ1n) is 9.50. The van der Waals surface area contributed by atoms with Crippen LogP contribution in [0.1, 0.15) is 49.9 Å². The molecule has 2 aromatic heterocycles. The number of aromatic nitrogens is 3. The Morgan fingerprint density at radius 2 is 1.15 bits per heavy atom. The van der Waals surface area contributed by atoms with Crippen molar-refractivity contribution in [1.29, 1.82) is 0 Å². The van der Waals surface area contributed by atoms with Gasteiger partial charge in [-0.25, -0.2) is 4.98 Å². The summed E-state index contributed by atoms with van der Waals surface area (Å²) in [5, 5.41) is 1.34. The van der Waals surface area contributed by atoms with E-state index in [0.717, 1.165) is 11.0 Å². The molecule has 0 spiro atoms. The highest BCUT2D eigenvalue weighted by Crippen LogP contribution is 2.20. The molecule has 0 saturated heterocycles. The van der Waals surface area contributed by atoms with Gasteiger partial charge in [-0.2, -0.15) is 0 Å². The largest absolute Gasteiger partial charge is 0.361 e. The van der Waals surface area contributed by atoms with E-state index in [1.807, 2.05) is 33.9 Å². The maximum Gasteiger partial charge on any atom is 0.0932 e. The molecule has 0 aliphatic carbocycles. The lowest BCUT2D eigenvalue weighted by atomic mass is 10.1. The van der Waals surface area contributed by atoms with Crippen molar-refractivity contribution < 1.29 is 0 Å². The molecule has 0 radical (unpaired) electrons. The number of nitrogens with zero attached hydrogens (tertiary/aromatic N) is 1. The molecule has 2 N–H and O–H groups in total. The summed E-state index contributed by atoms with van der Waals surface area (Å²) in [6.45, 7) is 16.4. The van der Waals surface area contributed by atoms with Crippen molar-refractivity contribution in [3.63, 3.8) is 0 Å². The maximum atomic E-state index is 4.22. The van der Waals surface area contributed by atoms with Crippen LogP contribution in [0.15, 0.2) is 42.9 Å². The van der Waals surface area contributed by atoms with Crippen molar-refractivity contribution in [2.45, 2.75) is 55.4 Å². The molecule has 4 rings (SSSR count). The highest BCUT2D eigenvalue weighted by molar-refractivity contribution is 5.85. The summed E-state index contributed by atoms with van der Waals surface area (Å²) in [6, 6.07) is 10.6. The molecule has 0 saturated carbocycles. The summed E-state index contributed by atoms with van der Waals surface area (Å²) in [5.74, 6) is 0. The standard InChI is InChI=1S/C10H11N.C9H10N2.2C2H6/c1-7-3-4-8(2)10-9(7)5-6-11-10;1-6-3-4-7(2)9-8(6)10-5-11-9;2*1-2/h3-6,11H,1-2H3;3-5H,1-2H3,(H,10,11);2*1-2H3. The van der Waals surface area contributed by atoms with Crippen LogP contribution in [0.25, 0.3) is 21.9 Å². The molecule has 140 valence electrons. The molecule has 0 atom stereocenters. The number of fused-ring (bicyclic) bond motifs is 2. The first-order chi connectivity index (χ1) is 12.6. The third-order valence-electron chi connectivity index (χ3n) is 4.14. The lowest BCUT2D eigenvalue weighted by Crippen LogP contribution is -1.79. The van der Waals surface area contributed by atoms with Crippen molar-refractivity contribution >= 4 is 21.9 Å². The Morgan fingerprint density at radius 1 is 0.615 bits per heavy atom. The zero-order valence-corrected chi connectivity index (χ0v) is 17.5. The Morgan fingerprint density at radius 3 is 1.73 bits per heavy atom. The Balaban J connectivity index is 0.000000219. The summed E-state index contributed by atoms with van der Waals surface area (Å²) in [7, 11) is 0. The minimum absolute atomic E-state index is 1.09. The summed E-state index contributed by atoms with van der Waals surface area (Å²) in [5.41, 5.74) is 8.65. The first-order valence-corrected chi connectivity index (χ1v) is 9.50. The number of H-pyrrole nitrogens is 2. The molecule has 4 aromatic rings. The van der Waals surface area contributed by atoms with Gasteiger partial charge in [-0.3, -0.25) is 0 Å². The molecule has 3 heteroatoms. The van der Waals surface area contributed by atoms with Gasteiger partial charge in [0.2, 0.25) is 0 Å². The third-order valence-corrected chi connectivity index (χ3v) is 4.14. The number of nitrogens with one attached hydrogen (secondary N) is 2. The van der Waals surface area contributed by atoms with Gasteiger partial charge in [-0.05, 0) is 56.0 Å². The van der Waals surface area contributed by atoms with Gasteiger partial charge in [0.25, 0.3) is 0 Å². The van der Waals surface area contributed by atoms with Gasteiger partial charge in [-0.1, -0.05) is 52.0 Å². The van der Waals surface area contributed by atoms with Crippen LogP contribution in [-0.2, 0) is 0 Å². The number of benzene rings is 2. The van der Waals surface area contributed by atoms with E-state index in [1.165, 1.54) is 33.2 Å². The highest BCUT2D eigenvalue weighted by Gasteiger charge is 2.01. The zero-order valence-electron chi connectivity index (χ0n) is 17.5. The van der Waals surface area contributed by atoms with Crippen LogP contribution in [-0.4, -0.2) is 15.0 Å². The van der Waals surface area contributed by atoms with E-state index < -0.39 is 0 Å². The number of imidazole rings is 1. The molecule has 3 nitrogen and oxygen atoms in total. The van der Waals surface area contributed by atoms with E-state index in [0.29, 0.717) is 0 Å². The maximum absolute atomic E-state index is 4.22. The molecule has 0 amide bonds. The predicted molar refractivity (Wildman–Crippen MR) is 116 cm³/mol. The average molecular weight is 352 g/mol. The predicted octanol–water partition coefficient (Wildman–Crippen LogP) is 7.02. The fraction of sp³-hybridized carbons (Fsp3) is 0.348. The van der Waals surface area contributed by atoms with E-state index in [9.17, 15) is 0 Å². The third kappa shape index (κ3) is 4.75. The summed E-state index contributed by atoms with van der Waals surface area (Å²) >= 11 is 0. The molecule has 2 aromatic carbocycles. The van der Waals surface area contributed by atoms with Gasteiger partial charge in [0, 0.05) is 17.1 Å². The average Bonchev–Trinajstić information content (AvgIpc) is 3.36. The lowest BCUT2D eigenvalue weighted by Gasteiger charge is -1.98. The monoisotopic (exact) mass is 351 g/mol. The van der Waals surface area contributed by atoms with Crippen LogP contribution in [0.3, 0.4) is 0 Å². The van der Waals surface area contributed by atoms with Gasteiger partial charge >= 0.3 is 0 Å². The van der Waals surface area contributed by atoms with Crippen LogP contribution >= 0.6 is 0 Å². The van der Waals surface area contributed by atoms with Gasteiger partial charge < -0.3 is 9.97 Å². The number of rotatable bonds is 0. The highest BCUT2D eigenvalue weighted by atomic mass is 14.9. The van der Waals surface area contributed by atoms with Gasteiger partial charge in [0.15, 0.2) is 0 Å². The minimum atomic E-state index is 1.09. The van der Waals surface area contributed by atoms with Crippen molar-refractivity contribution in [2.24, 2.45) is 0 Å². The first kappa shape index (κ1) is 21.5. The summed E-state index contributed by atoms with van der Waals surface area (Å²) in [6.07, 6.45) is 3.73. The normalized spacial score (nSPS) is 9.54. The zero-order chi connectivity index (χ0) is 19.7. The van der Waals surface area contributed by atoms with Crippen molar-refractivity contribution in [1.82, 2.24) is 15.0 Å². The number of aryl methyl sites for hydroxylation is 4. The Bertz CT molecular complexity index is 779. The summed E-state index contributed by atoms with van der Waals surface area (Å²) < 4.78 is 0. The smallest absolute Gasteiger partial charge is 0.0932 e. The SMILES string of the molecule is CC.CC.Cc1ccc(C)c2[nH]ccc12.Cc1ccc(C)c2[nH]cnc12. The van der Waals surface area contributed by atoms with Gasteiger partial charge in [0.05, 0.1) is 17.4 Å². The molecular weight excluding hydrogens is 318 g/mol. The van der Waals surface area contributed by atoms with E-state index in [1.54, 1.807) is 6.33 Å². The Kier molecular flexibility index (Phi) is 8.63. The number of aromatic amines is 2. The van der Waals surface area contributed by atoms with Gasteiger partial charge in [0.1, 0.15) is 0 Å². The Labute approximate surface area is 157 Å². The second kappa shape index (κ2) is 10.4. The second-order valence-electron chi connectivity index (χ2n) is 5.79. The van der Waals surface area contributed by atoms with E-state index in [-0.39, 0.29) is 0 Å². The molecular formula is C23H33N3. The fourth-order valence-electron chi connectivity index (χ4n) is 2.75. The molecule has 0 bridgehead atoms. The minimum Gasteiger partial charge on any atom is -0.361 e. The lowest BCUT2D eigenvalue weighted by molar-refractivity contribution is 1.33. The van der Waals surface area contributed by atoms with Crippen LogP contribution in [0.2, 0.25) is 0 Å². The van der Waals surface area contributed by atoms with Crippen LogP contribution in [0.4, 0.5) is 0 Å². The van der Waals surface area contributed by atoms with Crippen LogP contribution < -0.4 is 0 Å². The topological polar surface area (TPSA) is 44.5 Å².